The van der Waals surface area contributed by atoms with E-state index in [-0.39, 0.29) is 0 Å². The molecule has 0 aliphatic rings. The van der Waals surface area contributed by atoms with Gasteiger partial charge >= 0.3 is 0 Å². The van der Waals surface area contributed by atoms with Gasteiger partial charge in [-0.15, -0.1) is 0 Å². The fourth-order valence-electron chi connectivity index (χ4n) is 3.36. The van der Waals surface area contributed by atoms with Crippen molar-refractivity contribution < 1.29 is 0 Å². The van der Waals surface area contributed by atoms with E-state index in [1.807, 2.05) is 65.2 Å². The second kappa shape index (κ2) is 7.78. The molecule has 1 aromatic carbocycles. The average molecular weight is 448 g/mol. The van der Waals surface area contributed by atoms with E-state index in [1.54, 1.807) is 0 Å². The summed E-state index contributed by atoms with van der Waals surface area (Å²) in [6, 6.07) is 7.43. The van der Waals surface area contributed by atoms with Crippen molar-refractivity contribution in [3.63, 3.8) is 0 Å². The molecule has 0 aliphatic heterocycles. The van der Waals surface area contributed by atoms with Gasteiger partial charge in [-0.3, -0.25) is 19.0 Å². The topological polar surface area (TPSA) is 69.2 Å². The van der Waals surface area contributed by atoms with Crippen molar-refractivity contribution in [3.05, 3.63) is 73.7 Å². The lowest BCUT2D eigenvalue weighted by atomic mass is 10.2. The summed E-state index contributed by atoms with van der Waals surface area (Å²) in [7, 11) is 0. The van der Waals surface area contributed by atoms with Crippen LogP contribution < -0.4 is 0 Å². The lowest BCUT2D eigenvalue weighted by Crippen LogP contribution is -2.10. The second-order valence-corrected chi connectivity index (χ2v) is 8.01. The largest absolute Gasteiger partial charge is 0.267 e. The van der Waals surface area contributed by atoms with Crippen molar-refractivity contribution in [1.82, 2.24) is 34.3 Å². The van der Waals surface area contributed by atoms with Crippen LogP contribution in [0.15, 0.2) is 30.5 Å². The predicted molar refractivity (Wildman–Crippen MR) is 116 cm³/mol. The Bertz CT molecular complexity index is 1230. The Kier molecular flexibility index (Phi) is 5.33. The molecular weight excluding hydrogens is 429 g/mol. The molecule has 0 fully saturated rings. The minimum Gasteiger partial charge on any atom is -0.267 e. The molecule has 0 amide bonds. The highest BCUT2D eigenvalue weighted by Gasteiger charge is 2.20. The van der Waals surface area contributed by atoms with Crippen LogP contribution in [0.2, 0.25) is 10.0 Å². The lowest BCUT2D eigenvalue weighted by Gasteiger charge is -2.10. The number of H-pyrrole nitrogens is 1. The highest BCUT2D eigenvalue weighted by atomic mass is 35.5. The number of aromatic amines is 1. The maximum Gasteiger partial charge on any atom is 0.200 e. The number of nitrogens with zero attached hydrogens (tertiary/aromatic N) is 6. The van der Waals surface area contributed by atoms with E-state index in [2.05, 4.69) is 15.3 Å². The Hall–Kier alpha value is -2.42. The first kappa shape index (κ1) is 19.9. The van der Waals surface area contributed by atoms with Crippen LogP contribution in [0.1, 0.15) is 28.5 Å². The maximum atomic E-state index is 6.35. The van der Waals surface area contributed by atoms with Crippen molar-refractivity contribution >= 4 is 35.4 Å². The number of halogens is 2. The van der Waals surface area contributed by atoms with Gasteiger partial charge in [0.05, 0.1) is 29.3 Å². The van der Waals surface area contributed by atoms with Gasteiger partial charge in [0.1, 0.15) is 6.54 Å². The molecule has 0 atom stereocenters. The number of benzene rings is 1. The first-order chi connectivity index (χ1) is 13.8. The lowest BCUT2D eigenvalue weighted by molar-refractivity contribution is 0.636. The van der Waals surface area contributed by atoms with Crippen molar-refractivity contribution in [1.29, 1.82) is 0 Å². The fraction of sp³-hybridized carbons (Fsp3) is 0.263. The summed E-state index contributed by atoms with van der Waals surface area (Å²) < 4.78 is 6.13. The van der Waals surface area contributed by atoms with Crippen LogP contribution in [-0.4, -0.2) is 34.3 Å². The standard InChI is InChI=1S/C19H19Cl2N7S/c1-11-7-8-26(24-11)10-17-22-23-19(29)28(17)18-12(2)25-27(13(18)3)9-14-15(20)5-4-6-16(14)21/h4-8H,9-10H2,1-3H3,(H,23,29). The summed E-state index contributed by atoms with van der Waals surface area (Å²) >= 11 is 18.2. The predicted octanol–water partition coefficient (Wildman–Crippen LogP) is 4.65. The van der Waals surface area contributed by atoms with E-state index >= 15 is 0 Å². The molecular formula is C19H19Cl2N7S. The Morgan fingerprint density at radius 2 is 1.76 bits per heavy atom. The number of aryl methyl sites for hydroxylation is 2. The Balaban J connectivity index is 1.76. The molecule has 0 bridgehead atoms. The number of hydrogen-bond donors (Lipinski definition) is 1. The molecule has 0 aliphatic carbocycles. The molecule has 29 heavy (non-hydrogen) atoms. The van der Waals surface area contributed by atoms with Gasteiger partial charge in [-0.25, -0.2) is 0 Å². The molecule has 0 saturated heterocycles. The number of hydrogen-bond acceptors (Lipinski definition) is 4. The highest BCUT2D eigenvalue weighted by molar-refractivity contribution is 7.71. The zero-order valence-electron chi connectivity index (χ0n) is 16.1. The first-order valence-corrected chi connectivity index (χ1v) is 10.1. The Labute approximate surface area is 182 Å². The molecule has 3 aromatic heterocycles. The number of nitrogens with one attached hydrogen (secondary N) is 1. The van der Waals surface area contributed by atoms with E-state index in [4.69, 9.17) is 40.5 Å². The van der Waals surface area contributed by atoms with Gasteiger partial charge in [0.2, 0.25) is 0 Å². The minimum absolute atomic E-state index is 0.462. The number of rotatable bonds is 5. The normalized spacial score (nSPS) is 11.3. The molecule has 0 radical (unpaired) electrons. The van der Waals surface area contributed by atoms with Crippen LogP contribution >= 0.6 is 35.4 Å². The van der Waals surface area contributed by atoms with Crippen molar-refractivity contribution in [2.75, 3.05) is 0 Å². The number of aromatic nitrogens is 7. The second-order valence-electron chi connectivity index (χ2n) is 6.81. The summed E-state index contributed by atoms with van der Waals surface area (Å²) in [5.41, 5.74) is 4.44. The molecule has 150 valence electrons. The third-order valence-corrected chi connectivity index (χ3v) is 5.74. The monoisotopic (exact) mass is 447 g/mol. The summed E-state index contributed by atoms with van der Waals surface area (Å²) in [4.78, 5) is 0. The molecule has 4 aromatic rings. The Morgan fingerprint density at radius 1 is 1.03 bits per heavy atom. The zero-order valence-corrected chi connectivity index (χ0v) is 18.5. The zero-order chi connectivity index (χ0) is 20.7. The van der Waals surface area contributed by atoms with E-state index in [9.17, 15) is 0 Å². The van der Waals surface area contributed by atoms with Gasteiger partial charge in [-0.1, -0.05) is 29.3 Å². The molecule has 4 rings (SSSR count). The van der Waals surface area contributed by atoms with Gasteiger partial charge in [0.15, 0.2) is 10.6 Å². The maximum absolute atomic E-state index is 6.35. The minimum atomic E-state index is 0.462. The van der Waals surface area contributed by atoms with Gasteiger partial charge in [-0.05, 0) is 51.2 Å². The van der Waals surface area contributed by atoms with Crippen LogP contribution in [0.5, 0.6) is 0 Å². The van der Waals surface area contributed by atoms with E-state index in [0.717, 1.165) is 34.2 Å². The fourth-order valence-corrected chi connectivity index (χ4v) is 4.12. The molecule has 0 unspecified atom stereocenters. The molecule has 0 spiro atoms. The summed E-state index contributed by atoms with van der Waals surface area (Å²) in [5.74, 6) is 0.750. The summed E-state index contributed by atoms with van der Waals surface area (Å²) in [5, 5.41) is 17.7. The van der Waals surface area contributed by atoms with Crippen molar-refractivity contribution in [2.45, 2.75) is 33.9 Å². The van der Waals surface area contributed by atoms with Crippen LogP contribution in [0.25, 0.3) is 5.69 Å². The molecule has 0 saturated carbocycles. The van der Waals surface area contributed by atoms with Gasteiger partial charge < -0.3 is 0 Å². The van der Waals surface area contributed by atoms with Gasteiger partial charge in [0, 0.05) is 21.8 Å². The Morgan fingerprint density at radius 3 is 2.41 bits per heavy atom. The smallest absolute Gasteiger partial charge is 0.200 e. The van der Waals surface area contributed by atoms with Crippen LogP contribution in [0.4, 0.5) is 0 Å². The van der Waals surface area contributed by atoms with Crippen LogP contribution in [0.3, 0.4) is 0 Å². The van der Waals surface area contributed by atoms with E-state index in [1.165, 1.54) is 0 Å². The highest BCUT2D eigenvalue weighted by Crippen LogP contribution is 2.27. The van der Waals surface area contributed by atoms with Gasteiger partial charge in [0.25, 0.3) is 0 Å². The van der Waals surface area contributed by atoms with Crippen LogP contribution in [-0.2, 0) is 13.1 Å². The third-order valence-electron chi connectivity index (χ3n) is 4.76. The summed E-state index contributed by atoms with van der Waals surface area (Å²) in [6.07, 6.45) is 1.92. The molecule has 7 nitrogen and oxygen atoms in total. The third kappa shape index (κ3) is 3.75. The van der Waals surface area contributed by atoms with Crippen LogP contribution in [0, 0.1) is 25.5 Å². The molecule has 10 heteroatoms. The van der Waals surface area contributed by atoms with E-state index < -0.39 is 0 Å². The first-order valence-electron chi connectivity index (χ1n) is 8.98. The van der Waals surface area contributed by atoms with Crippen molar-refractivity contribution in [3.8, 4) is 5.69 Å². The quantitative estimate of drug-likeness (QED) is 0.452. The summed E-state index contributed by atoms with van der Waals surface area (Å²) in [6.45, 7) is 6.84. The molecule has 1 N–H and O–H groups in total. The van der Waals surface area contributed by atoms with Crippen molar-refractivity contribution in [2.24, 2.45) is 0 Å². The molecule has 3 heterocycles. The average Bonchev–Trinajstić information content (AvgIpc) is 3.31. The SMILES string of the molecule is Cc1ccn(Cc2n[nH]c(=S)n2-c2c(C)nn(Cc3c(Cl)cccc3Cl)c2C)n1. The van der Waals surface area contributed by atoms with E-state index in [0.29, 0.717) is 27.9 Å². The van der Waals surface area contributed by atoms with Gasteiger partial charge in [-0.2, -0.15) is 15.3 Å².